The third kappa shape index (κ3) is 3.85. The summed E-state index contributed by atoms with van der Waals surface area (Å²) >= 11 is 6.22. The van der Waals surface area contributed by atoms with Gasteiger partial charge in [-0.1, -0.05) is 23.7 Å². The molecule has 0 aliphatic carbocycles. The third-order valence-electron chi connectivity index (χ3n) is 4.52. The van der Waals surface area contributed by atoms with Gasteiger partial charge < -0.3 is 9.80 Å². The van der Waals surface area contributed by atoms with Crippen LogP contribution >= 0.6 is 11.6 Å². The number of anilines is 2. The second kappa shape index (κ2) is 7.48. The van der Waals surface area contributed by atoms with Crippen molar-refractivity contribution in [2.45, 2.75) is 12.8 Å². The zero-order valence-corrected chi connectivity index (χ0v) is 16.2. The van der Waals surface area contributed by atoms with Crippen molar-refractivity contribution < 1.29 is 0 Å². The monoisotopic (exact) mass is 380 g/mol. The van der Waals surface area contributed by atoms with Gasteiger partial charge in [0.05, 0.1) is 11.0 Å². The summed E-state index contributed by atoms with van der Waals surface area (Å²) in [6.45, 7) is 2.02. The first kappa shape index (κ1) is 17.7. The minimum atomic E-state index is 0.448. The molecular formula is C20H21ClN6. The smallest absolute Gasteiger partial charge is 0.156 e. The molecule has 138 valence electrons. The lowest BCUT2D eigenvalue weighted by atomic mass is 10.2. The minimum Gasteiger partial charge on any atom is -0.361 e. The number of rotatable bonds is 4. The van der Waals surface area contributed by atoms with Gasteiger partial charge in [-0.15, -0.1) is 0 Å². The van der Waals surface area contributed by atoms with E-state index < -0.39 is 0 Å². The summed E-state index contributed by atoms with van der Waals surface area (Å²) in [4.78, 5) is 22.6. The Morgan fingerprint density at radius 1 is 0.963 bits per heavy atom. The van der Waals surface area contributed by atoms with Crippen LogP contribution in [0.25, 0.3) is 23.2 Å². The number of benzene rings is 1. The highest BCUT2D eigenvalue weighted by Gasteiger charge is 2.15. The van der Waals surface area contributed by atoms with E-state index in [1.165, 1.54) is 12.8 Å². The van der Waals surface area contributed by atoms with Crippen molar-refractivity contribution in [1.29, 1.82) is 0 Å². The lowest BCUT2D eigenvalue weighted by molar-refractivity contribution is 0.923. The second-order valence-corrected chi connectivity index (χ2v) is 7.14. The molecule has 0 bridgehead atoms. The van der Waals surface area contributed by atoms with Crippen LogP contribution in [0.1, 0.15) is 24.4 Å². The normalized spacial score (nSPS) is 14.4. The minimum absolute atomic E-state index is 0.448. The quantitative estimate of drug-likeness (QED) is 0.639. The Morgan fingerprint density at radius 3 is 2.37 bits per heavy atom. The summed E-state index contributed by atoms with van der Waals surface area (Å²) in [5.41, 5.74) is 2.49. The van der Waals surface area contributed by atoms with Crippen molar-refractivity contribution in [3.63, 3.8) is 0 Å². The van der Waals surface area contributed by atoms with Gasteiger partial charge in [0.1, 0.15) is 16.7 Å². The van der Waals surface area contributed by atoms with E-state index >= 15 is 0 Å². The number of aromatic nitrogens is 4. The highest BCUT2D eigenvalue weighted by molar-refractivity contribution is 6.29. The molecule has 3 heterocycles. The van der Waals surface area contributed by atoms with Crippen LogP contribution in [0.4, 0.5) is 11.6 Å². The first-order valence-corrected chi connectivity index (χ1v) is 9.40. The summed E-state index contributed by atoms with van der Waals surface area (Å²) < 4.78 is 0. The summed E-state index contributed by atoms with van der Waals surface area (Å²) in [6, 6.07) is 9.67. The maximum Gasteiger partial charge on any atom is 0.156 e. The molecule has 0 atom stereocenters. The molecule has 1 fully saturated rings. The van der Waals surface area contributed by atoms with Gasteiger partial charge in [-0.2, -0.15) is 0 Å². The predicted octanol–water partition coefficient (Wildman–Crippen LogP) is 3.91. The van der Waals surface area contributed by atoms with Crippen molar-refractivity contribution in [2.75, 3.05) is 37.0 Å². The topological polar surface area (TPSA) is 58.0 Å². The molecule has 27 heavy (non-hydrogen) atoms. The Labute approximate surface area is 163 Å². The lowest BCUT2D eigenvalue weighted by Gasteiger charge is -2.16. The van der Waals surface area contributed by atoms with E-state index in [1.54, 1.807) is 0 Å². The van der Waals surface area contributed by atoms with Crippen molar-refractivity contribution >= 4 is 46.4 Å². The Kier molecular flexibility index (Phi) is 4.90. The maximum absolute atomic E-state index is 6.22. The molecule has 4 rings (SSSR count). The van der Waals surface area contributed by atoms with Crippen molar-refractivity contribution in [3.8, 4) is 0 Å². The summed E-state index contributed by atoms with van der Waals surface area (Å²) in [7, 11) is 3.91. The Bertz CT molecular complexity index is 995. The maximum atomic E-state index is 6.22. The summed E-state index contributed by atoms with van der Waals surface area (Å²) in [5, 5.41) is 0.448. The molecule has 0 saturated carbocycles. The molecule has 6 nitrogen and oxygen atoms in total. The van der Waals surface area contributed by atoms with E-state index in [9.17, 15) is 0 Å². The molecule has 0 amide bonds. The molecule has 1 aromatic carbocycles. The SMILES string of the molecule is CN(C)c1nc2ccccc2nc1C=Cc1nc(Cl)cc(N2CCCC2)n1. The standard InChI is InChI=1S/C20H21ClN6/c1-26(2)20-16(22-14-7-3-4-8-15(14)23-20)9-10-18-24-17(21)13-19(25-18)27-11-5-6-12-27/h3-4,7-10,13H,5-6,11-12H2,1-2H3. The average Bonchev–Trinajstić information content (AvgIpc) is 3.20. The molecule has 0 radical (unpaired) electrons. The number of hydrogen-bond donors (Lipinski definition) is 0. The number of halogens is 1. The van der Waals surface area contributed by atoms with Gasteiger partial charge in [-0.05, 0) is 37.1 Å². The zero-order valence-electron chi connectivity index (χ0n) is 15.4. The molecule has 0 unspecified atom stereocenters. The highest BCUT2D eigenvalue weighted by Crippen LogP contribution is 2.23. The summed E-state index contributed by atoms with van der Waals surface area (Å²) in [6.07, 6.45) is 6.11. The molecule has 3 aromatic rings. The first-order valence-electron chi connectivity index (χ1n) is 9.02. The fourth-order valence-electron chi connectivity index (χ4n) is 3.20. The number of nitrogens with zero attached hydrogens (tertiary/aromatic N) is 6. The molecule has 1 aliphatic heterocycles. The largest absolute Gasteiger partial charge is 0.361 e. The van der Waals surface area contributed by atoms with Gasteiger partial charge in [-0.25, -0.2) is 19.9 Å². The number of para-hydroxylation sites is 2. The average molecular weight is 381 g/mol. The Balaban J connectivity index is 1.71. The first-order chi connectivity index (χ1) is 13.1. The lowest BCUT2D eigenvalue weighted by Crippen LogP contribution is -2.19. The fourth-order valence-corrected chi connectivity index (χ4v) is 3.39. The van der Waals surface area contributed by atoms with Gasteiger partial charge >= 0.3 is 0 Å². The molecule has 1 saturated heterocycles. The van der Waals surface area contributed by atoms with Crippen LogP contribution in [-0.2, 0) is 0 Å². The van der Waals surface area contributed by atoms with Crippen molar-refractivity contribution in [1.82, 2.24) is 19.9 Å². The predicted molar refractivity (Wildman–Crippen MR) is 111 cm³/mol. The number of fused-ring (bicyclic) bond motifs is 1. The van der Waals surface area contributed by atoms with E-state index in [0.717, 1.165) is 41.5 Å². The van der Waals surface area contributed by atoms with E-state index in [4.69, 9.17) is 21.6 Å². The van der Waals surface area contributed by atoms with Crippen LogP contribution in [0, 0.1) is 0 Å². The van der Waals surface area contributed by atoms with E-state index in [0.29, 0.717) is 11.0 Å². The molecular weight excluding hydrogens is 360 g/mol. The van der Waals surface area contributed by atoms with Crippen LogP contribution in [0.15, 0.2) is 30.3 Å². The van der Waals surface area contributed by atoms with E-state index in [2.05, 4.69) is 14.9 Å². The Morgan fingerprint density at radius 2 is 1.67 bits per heavy atom. The van der Waals surface area contributed by atoms with Crippen LogP contribution < -0.4 is 9.80 Å². The molecule has 1 aliphatic rings. The van der Waals surface area contributed by atoms with E-state index in [1.807, 2.05) is 61.5 Å². The van der Waals surface area contributed by atoms with Gasteiger partial charge in [0, 0.05) is 33.3 Å². The Hall–Kier alpha value is -2.73. The van der Waals surface area contributed by atoms with Crippen molar-refractivity contribution in [2.24, 2.45) is 0 Å². The van der Waals surface area contributed by atoms with Crippen LogP contribution in [0.5, 0.6) is 0 Å². The third-order valence-corrected chi connectivity index (χ3v) is 4.71. The fraction of sp³-hybridized carbons (Fsp3) is 0.300. The van der Waals surface area contributed by atoms with Crippen LogP contribution in [0.3, 0.4) is 0 Å². The van der Waals surface area contributed by atoms with Gasteiger partial charge in [0.25, 0.3) is 0 Å². The molecule has 7 heteroatoms. The van der Waals surface area contributed by atoms with Gasteiger partial charge in [0.2, 0.25) is 0 Å². The van der Waals surface area contributed by atoms with Crippen molar-refractivity contribution in [3.05, 3.63) is 47.0 Å². The molecule has 2 aromatic heterocycles. The zero-order chi connectivity index (χ0) is 18.8. The molecule has 0 spiro atoms. The van der Waals surface area contributed by atoms with E-state index in [-0.39, 0.29) is 0 Å². The van der Waals surface area contributed by atoms with Gasteiger partial charge in [-0.3, -0.25) is 0 Å². The number of hydrogen-bond acceptors (Lipinski definition) is 6. The highest BCUT2D eigenvalue weighted by atomic mass is 35.5. The summed E-state index contributed by atoms with van der Waals surface area (Å²) in [5.74, 6) is 2.25. The van der Waals surface area contributed by atoms with Crippen LogP contribution in [-0.4, -0.2) is 47.1 Å². The van der Waals surface area contributed by atoms with Gasteiger partial charge in [0.15, 0.2) is 11.6 Å². The second-order valence-electron chi connectivity index (χ2n) is 6.75. The van der Waals surface area contributed by atoms with Crippen LogP contribution in [0.2, 0.25) is 5.15 Å². The molecule has 0 N–H and O–H groups in total.